The van der Waals surface area contributed by atoms with E-state index < -0.39 is 36.6 Å². The number of nitrogen functional groups attached to an aromatic ring is 1. The topological polar surface area (TPSA) is 160 Å². The molecular weight excluding hydrogens is 502 g/mol. The van der Waals surface area contributed by atoms with Crippen molar-refractivity contribution in [3.8, 4) is 0 Å². The van der Waals surface area contributed by atoms with Crippen LogP contribution in [-0.4, -0.2) is 82.4 Å². The van der Waals surface area contributed by atoms with Gasteiger partial charge in [-0.3, -0.25) is 14.3 Å². The Bertz CT molecular complexity index is 1440. The molecule has 2 aliphatic heterocycles. The number of ether oxygens (including phenoxy) is 1. The lowest BCUT2D eigenvalue weighted by Gasteiger charge is -2.23. The molecule has 5 atom stereocenters. The lowest BCUT2D eigenvalue weighted by molar-refractivity contribution is -0.130. The summed E-state index contributed by atoms with van der Waals surface area (Å²) in [5.41, 5.74) is 8.33. The van der Waals surface area contributed by atoms with Crippen molar-refractivity contribution in [2.24, 2.45) is 0 Å². The van der Waals surface area contributed by atoms with E-state index in [4.69, 9.17) is 10.5 Å². The Labute approximate surface area is 223 Å². The van der Waals surface area contributed by atoms with Gasteiger partial charge in [-0.15, -0.1) is 0 Å². The number of fused-ring (bicyclic) bond motifs is 1. The van der Waals surface area contributed by atoms with Crippen molar-refractivity contribution < 1.29 is 24.5 Å². The van der Waals surface area contributed by atoms with Gasteiger partial charge in [0.2, 0.25) is 0 Å². The molecule has 0 spiro atoms. The number of aromatic nitrogens is 4. The van der Waals surface area contributed by atoms with Crippen LogP contribution in [0, 0.1) is 0 Å². The van der Waals surface area contributed by atoms with Crippen LogP contribution in [-0.2, 0) is 22.5 Å². The molecule has 12 nitrogen and oxygen atoms in total. The van der Waals surface area contributed by atoms with Crippen LogP contribution < -0.4 is 5.73 Å². The Morgan fingerprint density at radius 2 is 1.59 bits per heavy atom. The van der Waals surface area contributed by atoms with Gasteiger partial charge in [0, 0.05) is 13.0 Å². The summed E-state index contributed by atoms with van der Waals surface area (Å²) < 4.78 is 7.45. The van der Waals surface area contributed by atoms with Crippen LogP contribution in [0.15, 0.2) is 73.3 Å². The zero-order valence-corrected chi connectivity index (χ0v) is 20.8. The van der Waals surface area contributed by atoms with Crippen LogP contribution in [0.3, 0.4) is 0 Å². The van der Waals surface area contributed by atoms with Crippen LogP contribution in [0.1, 0.15) is 17.4 Å². The van der Waals surface area contributed by atoms with E-state index in [1.54, 1.807) is 4.90 Å². The quantitative estimate of drug-likeness (QED) is 0.298. The van der Waals surface area contributed by atoms with Crippen LogP contribution in [0.5, 0.6) is 0 Å². The molecule has 12 heteroatoms. The molecule has 200 valence electrons. The minimum atomic E-state index is -1.37. The number of aliphatic hydroxyl groups excluding tert-OH is 2. The molecule has 39 heavy (non-hydrogen) atoms. The van der Waals surface area contributed by atoms with Crippen LogP contribution in [0.4, 0.5) is 10.6 Å². The highest BCUT2D eigenvalue weighted by atomic mass is 16.6. The minimum absolute atomic E-state index is 0.166. The van der Waals surface area contributed by atoms with E-state index >= 15 is 0 Å². The normalized spacial score (nSPS) is 25.2. The number of amides is 3. The average molecular weight is 530 g/mol. The molecule has 2 saturated heterocycles. The van der Waals surface area contributed by atoms with E-state index in [2.05, 4.69) is 15.0 Å². The number of carbonyl (C=O) groups excluding carboxylic acids is 2. The third kappa shape index (κ3) is 4.48. The SMILES string of the molecule is Nc1ncnc2c1ncn2[C@@H]1O[C@H](CN2C(=O)[C@H](Cc3ccccc3)N(Cc3ccccc3)C2=O)[C@@H](O)[C@H]1O. The summed E-state index contributed by atoms with van der Waals surface area (Å²) in [6.45, 7) is 0.0214. The van der Waals surface area contributed by atoms with Gasteiger partial charge < -0.3 is 25.6 Å². The van der Waals surface area contributed by atoms with Gasteiger partial charge in [0.15, 0.2) is 17.7 Å². The monoisotopic (exact) mass is 529 g/mol. The zero-order chi connectivity index (χ0) is 27.1. The van der Waals surface area contributed by atoms with Crippen molar-refractivity contribution in [1.29, 1.82) is 0 Å². The van der Waals surface area contributed by atoms with Gasteiger partial charge in [-0.25, -0.2) is 19.7 Å². The summed E-state index contributed by atoms with van der Waals surface area (Å²) >= 11 is 0. The third-order valence-electron chi connectivity index (χ3n) is 7.23. The second-order valence-corrected chi connectivity index (χ2v) is 9.68. The number of nitrogens with two attached hydrogens (primary N) is 1. The molecule has 4 heterocycles. The molecule has 2 aliphatic rings. The number of rotatable bonds is 7. The Morgan fingerprint density at radius 1 is 0.897 bits per heavy atom. The smallest absolute Gasteiger partial charge is 0.327 e. The Balaban J connectivity index is 1.25. The summed E-state index contributed by atoms with van der Waals surface area (Å²) in [4.78, 5) is 42.2. The first-order valence-corrected chi connectivity index (χ1v) is 12.6. The summed E-state index contributed by atoms with van der Waals surface area (Å²) in [6, 6.07) is 17.7. The number of aliphatic hydroxyl groups is 2. The lowest BCUT2D eigenvalue weighted by Crippen LogP contribution is -2.43. The zero-order valence-electron chi connectivity index (χ0n) is 20.8. The molecule has 2 fully saturated rings. The van der Waals surface area contributed by atoms with E-state index in [-0.39, 0.29) is 24.8 Å². The van der Waals surface area contributed by atoms with E-state index in [1.165, 1.54) is 17.2 Å². The lowest BCUT2D eigenvalue weighted by atomic mass is 10.0. The maximum Gasteiger partial charge on any atom is 0.327 e. The molecule has 6 rings (SSSR count). The largest absolute Gasteiger partial charge is 0.387 e. The third-order valence-corrected chi connectivity index (χ3v) is 7.23. The molecule has 0 saturated carbocycles. The highest BCUT2D eigenvalue weighted by Crippen LogP contribution is 2.34. The van der Waals surface area contributed by atoms with Gasteiger partial charge in [-0.1, -0.05) is 60.7 Å². The highest BCUT2D eigenvalue weighted by molar-refractivity contribution is 6.04. The number of imidazole rings is 1. The number of imide groups is 1. The molecule has 0 unspecified atom stereocenters. The van der Waals surface area contributed by atoms with Gasteiger partial charge in [0.05, 0.1) is 12.9 Å². The molecule has 0 aliphatic carbocycles. The first kappa shape index (κ1) is 24.9. The fraction of sp³-hybridized carbons (Fsp3) is 0.296. The van der Waals surface area contributed by atoms with Gasteiger partial charge in [0.25, 0.3) is 5.91 Å². The number of carbonyl (C=O) groups is 2. The van der Waals surface area contributed by atoms with Crippen LogP contribution in [0.25, 0.3) is 11.2 Å². The summed E-state index contributed by atoms with van der Waals surface area (Å²) in [7, 11) is 0. The van der Waals surface area contributed by atoms with E-state index in [9.17, 15) is 19.8 Å². The maximum atomic E-state index is 13.6. The Kier molecular flexibility index (Phi) is 6.43. The van der Waals surface area contributed by atoms with Gasteiger partial charge in [-0.05, 0) is 11.1 Å². The van der Waals surface area contributed by atoms with Gasteiger partial charge in [0.1, 0.15) is 36.2 Å². The van der Waals surface area contributed by atoms with E-state index in [0.717, 1.165) is 16.0 Å². The van der Waals surface area contributed by atoms with E-state index in [0.29, 0.717) is 17.6 Å². The molecule has 2 aromatic heterocycles. The van der Waals surface area contributed by atoms with Crippen molar-refractivity contribution in [1.82, 2.24) is 29.3 Å². The fourth-order valence-corrected chi connectivity index (χ4v) is 5.20. The second kappa shape index (κ2) is 10.1. The van der Waals surface area contributed by atoms with Crippen molar-refractivity contribution >= 4 is 28.9 Å². The maximum absolute atomic E-state index is 13.6. The number of hydrogen-bond acceptors (Lipinski definition) is 9. The molecule has 4 N–H and O–H groups in total. The van der Waals surface area contributed by atoms with Crippen LogP contribution >= 0.6 is 0 Å². The molecule has 3 amide bonds. The second-order valence-electron chi connectivity index (χ2n) is 9.68. The Morgan fingerprint density at radius 3 is 2.31 bits per heavy atom. The predicted molar refractivity (Wildman–Crippen MR) is 139 cm³/mol. The molecule has 0 radical (unpaired) electrons. The molecule has 4 aromatic rings. The highest BCUT2D eigenvalue weighted by Gasteiger charge is 2.50. The number of hydrogen-bond donors (Lipinski definition) is 3. The van der Waals surface area contributed by atoms with Gasteiger partial charge >= 0.3 is 6.03 Å². The van der Waals surface area contributed by atoms with Gasteiger partial charge in [-0.2, -0.15) is 0 Å². The molecule has 2 aromatic carbocycles. The van der Waals surface area contributed by atoms with Crippen molar-refractivity contribution in [2.45, 2.75) is 43.5 Å². The van der Waals surface area contributed by atoms with Crippen LogP contribution in [0.2, 0.25) is 0 Å². The van der Waals surface area contributed by atoms with Crippen molar-refractivity contribution in [2.75, 3.05) is 12.3 Å². The number of urea groups is 1. The minimum Gasteiger partial charge on any atom is -0.387 e. The molecular formula is C27H27N7O5. The average Bonchev–Trinajstić information content (AvgIpc) is 3.57. The molecule has 0 bridgehead atoms. The van der Waals surface area contributed by atoms with E-state index in [1.807, 2.05) is 60.7 Å². The summed E-state index contributed by atoms with van der Waals surface area (Å²) in [6.07, 6.45) is -1.83. The van der Waals surface area contributed by atoms with Crippen molar-refractivity contribution in [3.05, 3.63) is 84.4 Å². The Hall–Kier alpha value is -4.39. The standard InChI is InChI=1S/C27H27N7O5/c28-23-20-24(30-14-29-23)34(15-31-20)26-22(36)21(35)19(39-26)13-33-25(37)18(11-16-7-3-1-4-8-16)32(27(33)38)12-17-9-5-2-6-10-17/h1-10,14-15,18-19,21-22,26,35-36H,11-13H2,(H2,28,29,30)/t18-,19+,21+,22+,26+/m0/s1. The fourth-order valence-electron chi connectivity index (χ4n) is 5.20. The predicted octanol–water partition coefficient (Wildman–Crippen LogP) is 1.10. The first-order chi connectivity index (χ1) is 18.9. The number of anilines is 1. The first-order valence-electron chi connectivity index (χ1n) is 12.6. The number of benzene rings is 2. The summed E-state index contributed by atoms with van der Waals surface area (Å²) in [5, 5.41) is 21.7. The summed E-state index contributed by atoms with van der Waals surface area (Å²) in [5.74, 6) is -0.221. The number of nitrogens with zero attached hydrogens (tertiary/aromatic N) is 6. The van der Waals surface area contributed by atoms with Crippen molar-refractivity contribution in [3.63, 3.8) is 0 Å².